The molecule has 0 aromatic heterocycles. The average molecular weight is 124 g/mol. The second-order valence-corrected chi connectivity index (χ2v) is 1.75. The lowest BCUT2D eigenvalue weighted by Gasteiger charge is -1.87. The highest BCUT2D eigenvalue weighted by Gasteiger charge is 2.37. The Hall–Kier alpha value is -1.37. The van der Waals surface area contributed by atoms with Gasteiger partial charge in [0.15, 0.2) is 0 Å². The predicted octanol–water partition coefficient (Wildman–Crippen LogP) is -1.08. The summed E-state index contributed by atoms with van der Waals surface area (Å²) in [5.41, 5.74) is 0. The molecule has 1 fully saturated rings. The average Bonchev–Trinajstić information content (AvgIpc) is 2.64. The number of aldehydes is 1. The number of amides is 1. The van der Waals surface area contributed by atoms with Crippen LogP contribution in [0.1, 0.15) is 0 Å². The van der Waals surface area contributed by atoms with Crippen molar-refractivity contribution >= 4 is 12.2 Å². The van der Waals surface area contributed by atoms with E-state index in [0.717, 1.165) is 0 Å². The summed E-state index contributed by atoms with van der Waals surface area (Å²) in [6.45, 7) is 0.411. The van der Waals surface area contributed by atoms with Crippen molar-refractivity contribution in [2.75, 3.05) is 6.54 Å². The molecular weight excluding hydrogens is 120 g/mol. The van der Waals surface area contributed by atoms with Gasteiger partial charge in [0.05, 0.1) is 12.6 Å². The molecule has 4 nitrogen and oxygen atoms in total. The van der Waals surface area contributed by atoms with E-state index < -0.39 is 5.91 Å². The zero-order valence-corrected chi connectivity index (χ0v) is 4.57. The van der Waals surface area contributed by atoms with Crippen LogP contribution < -0.4 is 0 Å². The van der Waals surface area contributed by atoms with Crippen molar-refractivity contribution in [3.63, 3.8) is 0 Å². The van der Waals surface area contributed by atoms with Gasteiger partial charge in [0, 0.05) is 0 Å². The Kier molecular flexibility index (Phi) is 1.19. The summed E-state index contributed by atoms with van der Waals surface area (Å²) >= 11 is 0. The SMILES string of the molecule is N#CC1CN1C(=O)C=O. The molecule has 46 valence electrons. The van der Waals surface area contributed by atoms with Crippen molar-refractivity contribution in [2.24, 2.45) is 0 Å². The Morgan fingerprint density at radius 3 is 2.89 bits per heavy atom. The van der Waals surface area contributed by atoms with Crippen molar-refractivity contribution in [1.29, 1.82) is 5.26 Å². The zero-order chi connectivity index (χ0) is 6.85. The van der Waals surface area contributed by atoms with Crippen LogP contribution in [0.25, 0.3) is 0 Å². The summed E-state index contributed by atoms with van der Waals surface area (Å²) in [7, 11) is 0. The Morgan fingerprint density at radius 1 is 1.89 bits per heavy atom. The van der Waals surface area contributed by atoms with Gasteiger partial charge in [0.1, 0.15) is 6.04 Å². The largest absolute Gasteiger partial charge is 0.315 e. The van der Waals surface area contributed by atoms with Crippen LogP contribution in [0.3, 0.4) is 0 Å². The number of carbonyl (C=O) groups excluding carboxylic acids is 2. The number of rotatable bonds is 1. The van der Waals surface area contributed by atoms with Crippen LogP contribution >= 0.6 is 0 Å². The molecule has 1 rings (SSSR count). The van der Waals surface area contributed by atoms with E-state index >= 15 is 0 Å². The monoisotopic (exact) mass is 124 g/mol. The maximum Gasteiger partial charge on any atom is 0.287 e. The van der Waals surface area contributed by atoms with Crippen LogP contribution in [-0.2, 0) is 9.59 Å². The number of nitrogens with zero attached hydrogens (tertiary/aromatic N) is 2. The first-order valence-electron chi connectivity index (χ1n) is 2.45. The lowest BCUT2D eigenvalue weighted by molar-refractivity contribution is -0.134. The molecule has 1 aliphatic heterocycles. The van der Waals surface area contributed by atoms with Gasteiger partial charge in [0.2, 0.25) is 6.29 Å². The topological polar surface area (TPSA) is 60.9 Å². The van der Waals surface area contributed by atoms with Crippen LogP contribution in [0, 0.1) is 11.3 Å². The second-order valence-electron chi connectivity index (χ2n) is 1.75. The summed E-state index contributed by atoms with van der Waals surface area (Å²) in [5, 5.41) is 8.16. The third kappa shape index (κ3) is 0.891. The quantitative estimate of drug-likeness (QED) is 0.254. The van der Waals surface area contributed by atoms with Gasteiger partial charge in [-0.15, -0.1) is 0 Å². The van der Waals surface area contributed by atoms with Crippen LogP contribution in [0.15, 0.2) is 0 Å². The number of nitriles is 1. The minimum Gasteiger partial charge on any atom is -0.315 e. The summed E-state index contributed by atoms with van der Waals surface area (Å²) in [6.07, 6.45) is 0.220. The third-order valence-corrected chi connectivity index (χ3v) is 1.15. The van der Waals surface area contributed by atoms with Crippen molar-refractivity contribution in [3.8, 4) is 6.07 Å². The number of carbonyl (C=O) groups is 2. The van der Waals surface area contributed by atoms with Crippen molar-refractivity contribution in [2.45, 2.75) is 6.04 Å². The van der Waals surface area contributed by atoms with E-state index in [2.05, 4.69) is 0 Å². The molecule has 1 heterocycles. The minimum absolute atomic E-state index is 0.220. The molecule has 1 amide bonds. The first kappa shape index (κ1) is 5.76. The minimum atomic E-state index is -0.596. The van der Waals surface area contributed by atoms with Crippen LogP contribution in [0.5, 0.6) is 0 Å². The van der Waals surface area contributed by atoms with Gasteiger partial charge in [-0.2, -0.15) is 5.26 Å². The number of hydrogen-bond donors (Lipinski definition) is 0. The molecule has 0 aromatic carbocycles. The summed E-state index contributed by atoms with van der Waals surface area (Å²) < 4.78 is 0. The van der Waals surface area contributed by atoms with Gasteiger partial charge >= 0.3 is 0 Å². The van der Waals surface area contributed by atoms with Crippen LogP contribution in [-0.4, -0.2) is 29.7 Å². The molecule has 0 bridgehead atoms. The summed E-state index contributed by atoms with van der Waals surface area (Å²) in [6, 6.07) is 1.51. The summed E-state index contributed by atoms with van der Waals surface area (Å²) in [4.78, 5) is 21.3. The fourth-order valence-corrected chi connectivity index (χ4v) is 0.561. The van der Waals surface area contributed by atoms with Crippen molar-refractivity contribution in [1.82, 2.24) is 4.90 Å². The lowest BCUT2D eigenvalue weighted by atomic mass is 10.5. The molecular formula is C5H4N2O2. The second kappa shape index (κ2) is 1.86. The van der Waals surface area contributed by atoms with Gasteiger partial charge in [0.25, 0.3) is 5.91 Å². The molecule has 0 radical (unpaired) electrons. The molecule has 0 saturated carbocycles. The molecule has 1 atom stereocenters. The highest BCUT2D eigenvalue weighted by atomic mass is 16.2. The van der Waals surface area contributed by atoms with E-state index in [1.807, 2.05) is 6.07 Å². The first-order chi connectivity index (χ1) is 4.29. The maximum atomic E-state index is 10.4. The first-order valence-corrected chi connectivity index (χ1v) is 2.45. The molecule has 0 aromatic rings. The molecule has 1 unspecified atom stereocenters. The maximum absolute atomic E-state index is 10.4. The van der Waals surface area contributed by atoms with E-state index in [9.17, 15) is 9.59 Å². The fourth-order valence-electron chi connectivity index (χ4n) is 0.561. The Morgan fingerprint density at radius 2 is 2.56 bits per heavy atom. The molecule has 1 saturated heterocycles. The molecule has 0 N–H and O–H groups in total. The molecule has 4 heteroatoms. The lowest BCUT2D eigenvalue weighted by Crippen LogP contribution is -2.13. The fraction of sp³-hybridized carbons (Fsp3) is 0.400. The van der Waals surface area contributed by atoms with Crippen LogP contribution in [0.2, 0.25) is 0 Å². The van der Waals surface area contributed by atoms with Crippen LogP contribution in [0.4, 0.5) is 0 Å². The molecule has 9 heavy (non-hydrogen) atoms. The molecule has 1 aliphatic rings. The number of hydrogen-bond acceptors (Lipinski definition) is 3. The van der Waals surface area contributed by atoms with E-state index in [0.29, 0.717) is 6.54 Å². The highest BCUT2D eigenvalue weighted by molar-refractivity contribution is 6.24. The van der Waals surface area contributed by atoms with Gasteiger partial charge in [-0.3, -0.25) is 9.59 Å². The van der Waals surface area contributed by atoms with Gasteiger partial charge in [-0.05, 0) is 0 Å². The molecule has 0 aliphatic carbocycles. The van der Waals surface area contributed by atoms with E-state index in [-0.39, 0.29) is 12.3 Å². The van der Waals surface area contributed by atoms with E-state index in [1.165, 1.54) is 4.90 Å². The Labute approximate surface area is 51.7 Å². The Balaban J connectivity index is 2.44. The smallest absolute Gasteiger partial charge is 0.287 e. The predicted molar refractivity (Wildman–Crippen MR) is 27.2 cm³/mol. The van der Waals surface area contributed by atoms with Gasteiger partial charge < -0.3 is 4.90 Å². The third-order valence-electron chi connectivity index (χ3n) is 1.15. The normalized spacial score (nSPS) is 22.6. The van der Waals surface area contributed by atoms with Crippen molar-refractivity contribution in [3.05, 3.63) is 0 Å². The van der Waals surface area contributed by atoms with Crippen molar-refractivity contribution < 1.29 is 9.59 Å². The van der Waals surface area contributed by atoms with Gasteiger partial charge in [-0.25, -0.2) is 0 Å². The standard InChI is InChI=1S/C5H4N2O2/c6-1-4-2-7(4)5(9)3-8/h3-4H,2H2. The molecule has 0 spiro atoms. The van der Waals surface area contributed by atoms with E-state index in [1.54, 1.807) is 0 Å². The van der Waals surface area contributed by atoms with E-state index in [4.69, 9.17) is 5.26 Å². The Bertz CT molecular complexity index is 194. The summed E-state index contributed by atoms with van der Waals surface area (Å²) in [5.74, 6) is -0.596. The zero-order valence-electron chi connectivity index (χ0n) is 4.57. The van der Waals surface area contributed by atoms with Gasteiger partial charge in [-0.1, -0.05) is 0 Å². The highest BCUT2D eigenvalue weighted by Crippen LogP contribution is 2.14.